The highest BCUT2D eigenvalue weighted by Gasteiger charge is 2.21. The maximum atomic E-state index is 6.17. The van der Waals surface area contributed by atoms with Gasteiger partial charge in [-0.2, -0.15) is 0 Å². The van der Waals surface area contributed by atoms with Gasteiger partial charge in [0.1, 0.15) is 0 Å². The molecule has 0 spiro atoms. The first-order chi connectivity index (χ1) is 13.8. The summed E-state index contributed by atoms with van der Waals surface area (Å²) in [6.07, 6.45) is 30.9. The number of hydrogen-bond donors (Lipinski definition) is 0. The van der Waals surface area contributed by atoms with E-state index in [4.69, 9.17) is 4.74 Å². The van der Waals surface area contributed by atoms with Crippen LogP contribution in [0, 0.1) is 17.8 Å². The molecule has 0 aromatic heterocycles. The Morgan fingerprint density at radius 2 is 1.18 bits per heavy atom. The molecule has 0 unspecified atom stereocenters. The highest BCUT2D eigenvalue weighted by atomic mass is 16.5. The summed E-state index contributed by atoms with van der Waals surface area (Å²) >= 11 is 0. The average molecular weight is 391 g/mol. The SMILES string of the molecule is CCCCCCC[C@H]1CC[C@H](/C=C/CO[C@H]2CC[C@H](CCCCC)CC2)CC1. The number of allylic oxidation sites excluding steroid dienone is 1. The Bertz CT molecular complexity index is 372. The predicted octanol–water partition coefficient (Wildman–Crippen LogP) is 8.87. The van der Waals surface area contributed by atoms with Gasteiger partial charge in [-0.25, -0.2) is 0 Å². The molecular weight excluding hydrogens is 340 g/mol. The van der Waals surface area contributed by atoms with E-state index in [9.17, 15) is 0 Å². The van der Waals surface area contributed by atoms with E-state index >= 15 is 0 Å². The second kappa shape index (κ2) is 15.5. The van der Waals surface area contributed by atoms with E-state index in [1.807, 2.05) is 0 Å². The quantitative estimate of drug-likeness (QED) is 0.212. The van der Waals surface area contributed by atoms with Crippen LogP contribution in [0.1, 0.15) is 129 Å². The minimum atomic E-state index is 0.538. The molecular formula is C27H50O. The molecule has 0 aromatic rings. The molecule has 2 saturated carbocycles. The second-order valence-corrected chi connectivity index (χ2v) is 9.88. The smallest absolute Gasteiger partial charge is 0.0651 e. The third-order valence-corrected chi connectivity index (χ3v) is 7.45. The molecule has 2 aliphatic rings. The van der Waals surface area contributed by atoms with Crippen molar-refractivity contribution in [2.75, 3.05) is 6.61 Å². The van der Waals surface area contributed by atoms with Gasteiger partial charge in [-0.05, 0) is 69.1 Å². The van der Waals surface area contributed by atoms with E-state index < -0.39 is 0 Å². The lowest BCUT2D eigenvalue weighted by atomic mass is 9.79. The van der Waals surface area contributed by atoms with Crippen LogP contribution in [-0.2, 0) is 4.74 Å². The zero-order chi connectivity index (χ0) is 19.9. The molecule has 0 heterocycles. The van der Waals surface area contributed by atoms with Crippen molar-refractivity contribution in [2.45, 2.75) is 136 Å². The molecule has 0 aromatic carbocycles. The molecule has 0 N–H and O–H groups in total. The van der Waals surface area contributed by atoms with Crippen LogP contribution in [0.3, 0.4) is 0 Å². The first-order valence-electron chi connectivity index (χ1n) is 13.1. The fourth-order valence-electron chi connectivity index (χ4n) is 5.42. The number of rotatable bonds is 14. The van der Waals surface area contributed by atoms with Crippen LogP contribution in [0.5, 0.6) is 0 Å². The molecule has 2 rings (SSSR count). The minimum Gasteiger partial charge on any atom is -0.374 e. The highest BCUT2D eigenvalue weighted by Crippen LogP contribution is 2.33. The number of hydrogen-bond acceptors (Lipinski definition) is 1. The summed E-state index contributed by atoms with van der Waals surface area (Å²) in [5, 5.41) is 0. The summed E-state index contributed by atoms with van der Waals surface area (Å²) in [5.74, 6) is 2.84. The molecule has 1 nitrogen and oxygen atoms in total. The Hall–Kier alpha value is -0.300. The van der Waals surface area contributed by atoms with Crippen molar-refractivity contribution < 1.29 is 4.74 Å². The van der Waals surface area contributed by atoms with Gasteiger partial charge in [0.25, 0.3) is 0 Å². The van der Waals surface area contributed by atoms with Gasteiger partial charge in [-0.1, -0.05) is 90.2 Å². The van der Waals surface area contributed by atoms with Crippen molar-refractivity contribution in [3.63, 3.8) is 0 Å². The van der Waals surface area contributed by atoms with E-state index in [-0.39, 0.29) is 0 Å². The van der Waals surface area contributed by atoms with Crippen molar-refractivity contribution in [1.82, 2.24) is 0 Å². The summed E-state index contributed by atoms with van der Waals surface area (Å²) in [7, 11) is 0. The van der Waals surface area contributed by atoms with Crippen LogP contribution < -0.4 is 0 Å². The maximum Gasteiger partial charge on any atom is 0.0651 e. The Kier molecular flexibility index (Phi) is 13.3. The molecule has 0 atom stereocenters. The van der Waals surface area contributed by atoms with Crippen LogP contribution in [0.2, 0.25) is 0 Å². The van der Waals surface area contributed by atoms with Crippen molar-refractivity contribution in [2.24, 2.45) is 17.8 Å². The van der Waals surface area contributed by atoms with Crippen molar-refractivity contribution in [1.29, 1.82) is 0 Å². The van der Waals surface area contributed by atoms with Crippen molar-refractivity contribution in [3.05, 3.63) is 12.2 Å². The van der Waals surface area contributed by atoms with Gasteiger partial charge in [0.15, 0.2) is 0 Å². The summed E-state index contributed by atoms with van der Waals surface area (Å²) < 4.78 is 6.17. The first kappa shape index (κ1) is 24.0. The van der Waals surface area contributed by atoms with Crippen molar-refractivity contribution in [3.8, 4) is 0 Å². The molecule has 0 bridgehead atoms. The van der Waals surface area contributed by atoms with Gasteiger partial charge in [-0.15, -0.1) is 0 Å². The van der Waals surface area contributed by atoms with E-state index in [1.165, 1.54) is 116 Å². The molecule has 2 fully saturated rings. The monoisotopic (exact) mass is 390 g/mol. The fraction of sp³-hybridized carbons (Fsp3) is 0.926. The highest BCUT2D eigenvalue weighted by molar-refractivity contribution is 4.91. The summed E-state index contributed by atoms with van der Waals surface area (Å²) in [6, 6.07) is 0. The Balaban J connectivity index is 1.46. The van der Waals surface area contributed by atoms with E-state index in [2.05, 4.69) is 26.0 Å². The normalized spacial score (nSPS) is 28.8. The van der Waals surface area contributed by atoms with Gasteiger partial charge in [0.2, 0.25) is 0 Å². The zero-order valence-corrected chi connectivity index (χ0v) is 19.3. The van der Waals surface area contributed by atoms with Crippen LogP contribution in [0.4, 0.5) is 0 Å². The van der Waals surface area contributed by atoms with Crippen molar-refractivity contribution >= 4 is 0 Å². The molecule has 0 amide bonds. The van der Waals surface area contributed by atoms with Crippen LogP contribution in [0.25, 0.3) is 0 Å². The van der Waals surface area contributed by atoms with E-state index in [0.717, 1.165) is 24.4 Å². The largest absolute Gasteiger partial charge is 0.374 e. The van der Waals surface area contributed by atoms with Gasteiger partial charge in [0.05, 0.1) is 12.7 Å². The fourth-order valence-corrected chi connectivity index (χ4v) is 5.42. The lowest BCUT2D eigenvalue weighted by Crippen LogP contribution is -2.21. The topological polar surface area (TPSA) is 9.23 Å². The lowest BCUT2D eigenvalue weighted by Gasteiger charge is -2.28. The molecule has 1 heteroatoms. The molecule has 2 aliphatic carbocycles. The first-order valence-corrected chi connectivity index (χ1v) is 13.1. The summed E-state index contributed by atoms with van der Waals surface area (Å²) in [6.45, 7) is 5.46. The summed E-state index contributed by atoms with van der Waals surface area (Å²) in [4.78, 5) is 0. The molecule has 0 aliphatic heterocycles. The third-order valence-electron chi connectivity index (χ3n) is 7.45. The standard InChI is InChI=1S/C27H50O/c1-3-5-7-8-10-13-24-15-17-26(18-16-24)14-11-23-28-27-21-19-25(20-22-27)12-9-6-4-2/h11,14,24-27H,3-10,12-13,15-23H2,1-2H3/b14-11+/t24-,25-,26-,27-. The zero-order valence-electron chi connectivity index (χ0n) is 19.3. The van der Waals surface area contributed by atoms with Gasteiger partial charge in [-0.3, -0.25) is 0 Å². The second-order valence-electron chi connectivity index (χ2n) is 9.88. The molecule has 0 radical (unpaired) electrons. The van der Waals surface area contributed by atoms with Crippen LogP contribution in [-0.4, -0.2) is 12.7 Å². The van der Waals surface area contributed by atoms with Gasteiger partial charge >= 0.3 is 0 Å². The Morgan fingerprint density at radius 3 is 1.82 bits per heavy atom. The van der Waals surface area contributed by atoms with Crippen LogP contribution >= 0.6 is 0 Å². The Morgan fingerprint density at radius 1 is 0.643 bits per heavy atom. The number of ether oxygens (including phenoxy) is 1. The molecule has 28 heavy (non-hydrogen) atoms. The van der Waals surface area contributed by atoms with E-state index in [1.54, 1.807) is 0 Å². The average Bonchev–Trinajstić information content (AvgIpc) is 2.73. The van der Waals surface area contributed by atoms with Gasteiger partial charge in [0, 0.05) is 0 Å². The van der Waals surface area contributed by atoms with Crippen LogP contribution in [0.15, 0.2) is 12.2 Å². The van der Waals surface area contributed by atoms with Gasteiger partial charge < -0.3 is 4.74 Å². The minimum absolute atomic E-state index is 0.538. The lowest BCUT2D eigenvalue weighted by molar-refractivity contribution is 0.0331. The Labute approximate surface area is 177 Å². The number of unbranched alkanes of at least 4 members (excludes halogenated alkanes) is 6. The molecule has 164 valence electrons. The summed E-state index contributed by atoms with van der Waals surface area (Å²) in [5.41, 5.74) is 0. The third kappa shape index (κ3) is 10.5. The van der Waals surface area contributed by atoms with E-state index in [0.29, 0.717) is 6.10 Å². The predicted molar refractivity (Wildman–Crippen MR) is 124 cm³/mol. The maximum absolute atomic E-state index is 6.17. The molecule has 0 saturated heterocycles.